The van der Waals surface area contributed by atoms with Gasteiger partial charge in [-0.05, 0) is 84.6 Å². The van der Waals surface area contributed by atoms with Crippen LogP contribution in [0.2, 0.25) is 5.02 Å². The number of nitrogens with zero attached hydrogens (tertiary/aromatic N) is 2. The lowest BCUT2D eigenvalue weighted by atomic mass is 9.95. The minimum Gasteiger partial charge on any atom is -0.493 e. The number of methoxy groups -OCH3 is 2. The lowest BCUT2D eigenvalue weighted by molar-refractivity contribution is -0.143. The number of rotatable bonds is 13. The molecule has 4 aromatic carbocycles. The number of allylic oxidation sites excluding steroid dienone is 1. The van der Waals surface area contributed by atoms with E-state index in [9.17, 15) is 14.4 Å². The molecule has 0 amide bonds. The number of fused-ring (bicyclic) bond motifs is 2. The van der Waals surface area contributed by atoms with Gasteiger partial charge in [-0.3, -0.25) is 9.36 Å². The molecule has 11 nitrogen and oxygen atoms in total. The van der Waals surface area contributed by atoms with E-state index in [-0.39, 0.29) is 31.0 Å². The normalized spacial score (nSPS) is 14.0. The summed E-state index contributed by atoms with van der Waals surface area (Å²) in [5.74, 6) is 0.218. The number of carbonyl (C=O) groups is 2. The summed E-state index contributed by atoms with van der Waals surface area (Å²) in [4.78, 5) is 44.5. The zero-order chi connectivity index (χ0) is 37.6. The van der Waals surface area contributed by atoms with Crippen molar-refractivity contribution >= 4 is 51.7 Å². The van der Waals surface area contributed by atoms with Crippen LogP contribution in [0.15, 0.2) is 93.9 Å². The Labute approximate surface area is 314 Å². The minimum atomic E-state index is -0.912. The molecule has 13 heteroatoms. The van der Waals surface area contributed by atoms with Crippen molar-refractivity contribution in [3.8, 4) is 23.0 Å². The Morgan fingerprint density at radius 2 is 1.70 bits per heavy atom. The van der Waals surface area contributed by atoms with E-state index in [0.29, 0.717) is 60.8 Å². The van der Waals surface area contributed by atoms with Crippen molar-refractivity contribution in [3.05, 3.63) is 125 Å². The van der Waals surface area contributed by atoms with Gasteiger partial charge in [0.1, 0.15) is 6.61 Å². The summed E-state index contributed by atoms with van der Waals surface area (Å²) >= 11 is 7.93. The fraction of sp³-hybridized carbons (Fsp3) is 0.250. The maximum absolute atomic E-state index is 14.3. The van der Waals surface area contributed by atoms with Crippen molar-refractivity contribution in [2.75, 3.05) is 34.0 Å². The third-order valence-corrected chi connectivity index (χ3v) is 9.68. The van der Waals surface area contributed by atoms with Crippen molar-refractivity contribution in [1.82, 2.24) is 4.57 Å². The average Bonchev–Trinajstić information content (AvgIpc) is 3.46. The van der Waals surface area contributed by atoms with Gasteiger partial charge < -0.3 is 28.4 Å². The number of hydrogen-bond acceptors (Lipinski definition) is 11. The number of hydrogen-bond donors (Lipinski definition) is 0. The second kappa shape index (κ2) is 16.4. The summed E-state index contributed by atoms with van der Waals surface area (Å²) in [5, 5.41) is 2.54. The molecule has 1 aromatic heterocycles. The summed E-state index contributed by atoms with van der Waals surface area (Å²) in [6, 6.07) is 21.7. The summed E-state index contributed by atoms with van der Waals surface area (Å²) in [6.07, 6.45) is 1.70. The number of carbonyl (C=O) groups excluding carboxylic acids is 2. The Morgan fingerprint density at radius 3 is 2.43 bits per heavy atom. The molecule has 53 heavy (non-hydrogen) atoms. The molecule has 0 bridgehead atoms. The number of thiazole rings is 1. The van der Waals surface area contributed by atoms with Gasteiger partial charge >= 0.3 is 11.9 Å². The van der Waals surface area contributed by atoms with Gasteiger partial charge in [-0.1, -0.05) is 65.4 Å². The minimum absolute atomic E-state index is 0.127. The van der Waals surface area contributed by atoms with Gasteiger partial charge in [0.15, 0.2) is 34.4 Å². The highest BCUT2D eigenvalue weighted by atomic mass is 35.5. The van der Waals surface area contributed by atoms with Gasteiger partial charge in [-0.2, -0.15) is 0 Å². The Hall–Kier alpha value is -5.59. The van der Waals surface area contributed by atoms with Crippen molar-refractivity contribution in [3.63, 3.8) is 0 Å². The van der Waals surface area contributed by atoms with Crippen molar-refractivity contribution in [2.45, 2.75) is 33.4 Å². The van der Waals surface area contributed by atoms with Crippen LogP contribution < -0.4 is 33.8 Å². The predicted octanol–water partition coefficient (Wildman–Crippen LogP) is 6.14. The highest BCUT2D eigenvalue weighted by molar-refractivity contribution is 7.07. The molecule has 6 rings (SSSR count). The van der Waals surface area contributed by atoms with E-state index in [1.165, 1.54) is 30.1 Å². The van der Waals surface area contributed by atoms with Crippen LogP contribution >= 0.6 is 22.9 Å². The first kappa shape index (κ1) is 37.2. The molecule has 1 aliphatic rings. The molecule has 274 valence electrons. The molecule has 1 atom stereocenters. The smallest absolute Gasteiger partial charge is 0.343 e. The molecular formula is C40H37ClN2O9S. The molecule has 0 saturated heterocycles. The number of halogens is 1. The zero-order valence-electron chi connectivity index (χ0n) is 29.8. The van der Waals surface area contributed by atoms with Crippen LogP contribution in [-0.4, -0.2) is 50.5 Å². The molecule has 0 aliphatic carbocycles. The van der Waals surface area contributed by atoms with Crippen LogP contribution in [-0.2, 0) is 25.7 Å². The predicted molar refractivity (Wildman–Crippen MR) is 202 cm³/mol. The summed E-state index contributed by atoms with van der Waals surface area (Å²) in [6.45, 7) is 5.57. The Kier molecular flexibility index (Phi) is 11.5. The van der Waals surface area contributed by atoms with Gasteiger partial charge in [-0.15, -0.1) is 0 Å². The van der Waals surface area contributed by atoms with Crippen LogP contribution in [0.1, 0.15) is 43.5 Å². The molecule has 2 heterocycles. The quantitative estimate of drug-likeness (QED) is 0.130. The molecule has 0 unspecified atom stereocenters. The maximum atomic E-state index is 14.3. The second-order valence-electron chi connectivity index (χ2n) is 11.8. The van der Waals surface area contributed by atoms with Gasteiger partial charge in [-0.25, -0.2) is 14.6 Å². The van der Waals surface area contributed by atoms with E-state index in [4.69, 9.17) is 40.0 Å². The van der Waals surface area contributed by atoms with Gasteiger partial charge in [0.2, 0.25) is 0 Å². The van der Waals surface area contributed by atoms with E-state index in [2.05, 4.69) is 17.1 Å². The van der Waals surface area contributed by atoms with E-state index in [0.717, 1.165) is 16.3 Å². The molecule has 1 aliphatic heterocycles. The van der Waals surface area contributed by atoms with Gasteiger partial charge in [0.05, 0.1) is 54.3 Å². The molecule has 0 N–H and O–H groups in total. The Morgan fingerprint density at radius 1 is 0.906 bits per heavy atom. The van der Waals surface area contributed by atoms with Crippen LogP contribution in [0.5, 0.6) is 23.0 Å². The largest absolute Gasteiger partial charge is 0.493 e. The van der Waals surface area contributed by atoms with Crippen LogP contribution in [0, 0.1) is 0 Å². The van der Waals surface area contributed by atoms with E-state index in [1.807, 2.05) is 30.3 Å². The first-order chi connectivity index (χ1) is 25.6. The number of benzene rings is 4. The SMILES string of the molecule is CCOC(=O)C1=C(C)N=c2s/c(=C\c3cc(Cl)c(OCc4ccc5ccccc5c4)c(OC)c3)c(=O)n2[C@H]1c1ccc(OCC(=O)OC)c(OCC)c1. The monoisotopic (exact) mass is 756 g/mol. The summed E-state index contributed by atoms with van der Waals surface area (Å²) in [5.41, 5.74) is 2.33. The highest BCUT2D eigenvalue weighted by Gasteiger charge is 2.34. The number of esters is 2. The fourth-order valence-electron chi connectivity index (χ4n) is 5.98. The molecular weight excluding hydrogens is 720 g/mol. The number of aromatic nitrogens is 1. The van der Waals surface area contributed by atoms with Crippen LogP contribution in [0.4, 0.5) is 0 Å². The first-order valence-corrected chi connectivity index (χ1v) is 18.0. The van der Waals surface area contributed by atoms with Crippen LogP contribution in [0.3, 0.4) is 0 Å². The van der Waals surface area contributed by atoms with E-state index in [1.54, 1.807) is 57.2 Å². The maximum Gasteiger partial charge on any atom is 0.343 e. The third-order valence-electron chi connectivity index (χ3n) is 8.42. The molecule has 5 aromatic rings. The van der Waals surface area contributed by atoms with E-state index >= 15 is 0 Å². The van der Waals surface area contributed by atoms with Crippen molar-refractivity contribution in [1.29, 1.82) is 0 Å². The fourth-order valence-corrected chi connectivity index (χ4v) is 7.30. The highest BCUT2D eigenvalue weighted by Crippen LogP contribution is 2.38. The molecule has 0 radical (unpaired) electrons. The Bertz CT molecular complexity index is 2420. The van der Waals surface area contributed by atoms with Crippen molar-refractivity contribution in [2.24, 2.45) is 4.99 Å². The molecule has 0 saturated carbocycles. The standard InChI is InChI=1S/C40H37ClN2O9S/c1-6-49-31-20-28(14-15-30(31)51-22-34(44)48-5)36-35(39(46)50-7-2)23(3)42-40-43(36)38(45)33(53-40)19-25-17-29(41)37(32(18-25)47-4)52-21-24-12-13-26-10-8-9-11-27(26)16-24/h8-20,36H,6-7,21-22H2,1-5H3/b33-19-/t36-/m0/s1. The van der Waals surface area contributed by atoms with Gasteiger partial charge in [0.25, 0.3) is 5.56 Å². The van der Waals surface area contributed by atoms with Crippen LogP contribution in [0.25, 0.3) is 16.8 Å². The lowest BCUT2D eigenvalue weighted by Gasteiger charge is -2.25. The first-order valence-electron chi connectivity index (χ1n) is 16.8. The van der Waals surface area contributed by atoms with E-state index < -0.39 is 18.0 Å². The molecule has 0 spiro atoms. The van der Waals surface area contributed by atoms with Gasteiger partial charge in [0, 0.05) is 0 Å². The zero-order valence-corrected chi connectivity index (χ0v) is 31.3. The average molecular weight is 757 g/mol. The number of ether oxygens (including phenoxy) is 6. The summed E-state index contributed by atoms with van der Waals surface area (Å²) < 4.78 is 35.3. The summed E-state index contributed by atoms with van der Waals surface area (Å²) in [7, 11) is 2.79. The Balaban J connectivity index is 1.38. The molecule has 0 fully saturated rings. The third kappa shape index (κ3) is 7.93. The topological polar surface area (TPSA) is 124 Å². The van der Waals surface area contributed by atoms with Crippen molar-refractivity contribution < 1.29 is 38.0 Å². The second-order valence-corrected chi connectivity index (χ2v) is 13.2. The lowest BCUT2D eigenvalue weighted by Crippen LogP contribution is -2.40.